The molecule has 242 valence electrons. The lowest BCUT2D eigenvalue weighted by atomic mass is 10.0. The number of likely N-dealkylation sites (tertiary alicyclic amines) is 2. The molecule has 0 bridgehead atoms. The van der Waals surface area contributed by atoms with E-state index in [0.29, 0.717) is 43.9 Å². The number of hydrogen-bond acceptors (Lipinski definition) is 6. The summed E-state index contributed by atoms with van der Waals surface area (Å²) in [5, 5.41) is 5.92. The molecule has 3 aromatic rings. The number of anilines is 1. The second-order valence-electron chi connectivity index (χ2n) is 12.8. The number of nitrogens with one attached hydrogen (secondary N) is 2. The van der Waals surface area contributed by atoms with Gasteiger partial charge in [-0.3, -0.25) is 9.59 Å². The predicted molar refractivity (Wildman–Crippen MR) is 175 cm³/mol. The predicted octanol–water partition coefficient (Wildman–Crippen LogP) is 6.08. The molecule has 2 unspecified atom stereocenters. The molecule has 46 heavy (non-hydrogen) atoms. The average molecular weight is 627 g/mol. The van der Waals surface area contributed by atoms with Gasteiger partial charge in [0.05, 0.1) is 12.0 Å². The number of carbonyl (C=O) groups excluding carboxylic acids is 4. The SMILES string of the molecule is CC(C)(C)OC(=O)N1CCCC1CNC(=O)c1ccc(-c2ccc(NC(=O)C3CCN(C(=O)OCc4ccccc4)C3)cc2)cc1. The molecule has 2 aliphatic rings. The fourth-order valence-corrected chi connectivity index (χ4v) is 5.68. The van der Waals surface area contributed by atoms with Crippen LogP contribution in [0.5, 0.6) is 0 Å². The summed E-state index contributed by atoms with van der Waals surface area (Å²) in [4.78, 5) is 54.0. The normalized spacial score (nSPS) is 17.8. The molecule has 2 atom stereocenters. The summed E-state index contributed by atoms with van der Waals surface area (Å²) >= 11 is 0. The Morgan fingerprint density at radius 3 is 2.17 bits per heavy atom. The third-order valence-corrected chi connectivity index (χ3v) is 8.16. The van der Waals surface area contributed by atoms with Crippen LogP contribution in [0.3, 0.4) is 0 Å². The van der Waals surface area contributed by atoms with Crippen molar-refractivity contribution in [3.8, 4) is 11.1 Å². The maximum Gasteiger partial charge on any atom is 0.410 e. The lowest BCUT2D eigenvalue weighted by Crippen LogP contribution is -2.45. The van der Waals surface area contributed by atoms with E-state index in [-0.39, 0.29) is 36.5 Å². The zero-order valence-electron chi connectivity index (χ0n) is 26.7. The fourth-order valence-electron chi connectivity index (χ4n) is 5.68. The van der Waals surface area contributed by atoms with Gasteiger partial charge in [-0.2, -0.15) is 0 Å². The molecule has 0 radical (unpaired) electrons. The number of nitrogens with zero attached hydrogens (tertiary/aromatic N) is 2. The van der Waals surface area contributed by atoms with E-state index in [1.165, 1.54) is 0 Å². The standard InChI is InChI=1S/C36H42N4O6/c1-36(2,3)46-35(44)40-20-7-10-31(40)22-37-32(41)28-13-11-26(12-14-28)27-15-17-30(18-16-27)38-33(42)29-19-21-39(23-29)34(43)45-24-25-8-5-4-6-9-25/h4-6,8-9,11-18,29,31H,7,10,19-24H2,1-3H3,(H,37,41)(H,38,42). The van der Waals surface area contributed by atoms with Crippen LogP contribution in [0.4, 0.5) is 15.3 Å². The first-order chi connectivity index (χ1) is 22.1. The number of carbonyl (C=O) groups is 4. The minimum absolute atomic E-state index is 0.0916. The van der Waals surface area contributed by atoms with Crippen LogP contribution in [0.1, 0.15) is 56.0 Å². The molecule has 2 fully saturated rings. The second kappa shape index (κ2) is 14.5. The number of rotatable bonds is 8. The molecule has 5 rings (SSSR count). The Labute approximate surface area is 270 Å². The molecular weight excluding hydrogens is 584 g/mol. The average Bonchev–Trinajstić information content (AvgIpc) is 3.74. The van der Waals surface area contributed by atoms with Crippen LogP contribution in [0.15, 0.2) is 78.9 Å². The van der Waals surface area contributed by atoms with Gasteiger partial charge in [0.1, 0.15) is 12.2 Å². The Morgan fingerprint density at radius 2 is 1.50 bits per heavy atom. The summed E-state index contributed by atoms with van der Waals surface area (Å²) in [6.45, 7) is 7.51. The van der Waals surface area contributed by atoms with Crippen molar-refractivity contribution in [2.24, 2.45) is 5.92 Å². The zero-order chi connectivity index (χ0) is 32.7. The van der Waals surface area contributed by atoms with Gasteiger partial charge in [0.2, 0.25) is 5.91 Å². The molecule has 0 aliphatic carbocycles. The number of hydrogen-bond donors (Lipinski definition) is 2. The smallest absolute Gasteiger partial charge is 0.410 e. The molecule has 2 heterocycles. The molecule has 0 aromatic heterocycles. The van der Waals surface area contributed by atoms with E-state index >= 15 is 0 Å². The molecule has 2 N–H and O–H groups in total. The molecule has 0 spiro atoms. The summed E-state index contributed by atoms with van der Waals surface area (Å²) in [6, 6.07) is 24.2. The second-order valence-corrected chi connectivity index (χ2v) is 12.8. The number of benzene rings is 3. The highest BCUT2D eigenvalue weighted by atomic mass is 16.6. The summed E-state index contributed by atoms with van der Waals surface area (Å²) in [5.41, 5.74) is 3.42. The summed E-state index contributed by atoms with van der Waals surface area (Å²) in [6.07, 6.45) is 1.51. The lowest BCUT2D eigenvalue weighted by Gasteiger charge is -2.28. The molecule has 3 aromatic carbocycles. The fraction of sp³-hybridized carbons (Fsp3) is 0.389. The molecule has 2 aliphatic heterocycles. The zero-order valence-corrected chi connectivity index (χ0v) is 26.7. The Bertz CT molecular complexity index is 1520. The van der Waals surface area contributed by atoms with E-state index in [2.05, 4.69) is 10.6 Å². The highest BCUT2D eigenvalue weighted by molar-refractivity contribution is 5.95. The van der Waals surface area contributed by atoms with E-state index < -0.39 is 11.7 Å². The van der Waals surface area contributed by atoms with Crippen LogP contribution < -0.4 is 10.6 Å². The van der Waals surface area contributed by atoms with Crippen molar-refractivity contribution in [2.75, 3.05) is 31.5 Å². The highest BCUT2D eigenvalue weighted by Gasteiger charge is 2.33. The lowest BCUT2D eigenvalue weighted by molar-refractivity contribution is -0.119. The molecule has 0 saturated carbocycles. The van der Waals surface area contributed by atoms with Gasteiger partial charge in [0, 0.05) is 37.4 Å². The van der Waals surface area contributed by atoms with Crippen molar-refractivity contribution in [3.63, 3.8) is 0 Å². The minimum atomic E-state index is -0.566. The summed E-state index contributed by atoms with van der Waals surface area (Å²) in [7, 11) is 0. The van der Waals surface area contributed by atoms with Gasteiger partial charge in [0.15, 0.2) is 0 Å². The maximum absolute atomic E-state index is 12.9. The largest absolute Gasteiger partial charge is 0.445 e. The summed E-state index contributed by atoms with van der Waals surface area (Å²) < 4.78 is 10.9. The van der Waals surface area contributed by atoms with Crippen molar-refractivity contribution in [2.45, 2.75) is 58.3 Å². The van der Waals surface area contributed by atoms with Gasteiger partial charge in [-0.25, -0.2) is 9.59 Å². The maximum atomic E-state index is 12.9. The molecule has 10 heteroatoms. The first-order valence-corrected chi connectivity index (χ1v) is 15.8. The quantitative estimate of drug-likeness (QED) is 0.313. The van der Waals surface area contributed by atoms with Crippen molar-refractivity contribution < 1.29 is 28.7 Å². The van der Waals surface area contributed by atoms with E-state index in [9.17, 15) is 19.2 Å². The third kappa shape index (κ3) is 8.65. The van der Waals surface area contributed by atoms with E-state index in [1.807, 2.05) is 87.5 Å². The molecule has 2 saturated heterocycles. The van der Waals surface area contributed by atoms with Gasteiger partial charge in [-0.05, 0) is 81.0 Å². The van der Waals surface area contributed by atoms with Crippen LogP contribution in [-0.4, -0.2) is 71.6 Å². The summed E-state index contributed by atoms with van der Waals surface area (Å²) in [5.74, 6) is -0.638. The van der Waals surface area contributed by atoms with Crippen LogP contribution in [0.25, 0.3) is 11.1 Å². The van der Waals surface area contributed by atoms with Crippen molar-refractivity contribution in [1.82, 2.24) is 15.1 Å². The van der Waals surface area contributed by atoms with E-state index in [0.717, 1.165) is 29.5 Å². The first-order valence-electron chi connectivity index (χ1n) is 15.8. The van der Waals surface area contributed by atoms with Gasteiger partial charge in [-0.1, -0.05) is 54.6 Å². The Morgan fingerprint density at radius 1 is 0.826 bits per heavy atom. The Kier molecular flexibility index (Phi) is 10.2. The first kappa shape index (κ1) is 32.5. The van der Waals surface area contributed by atoms with Gasteiger partial charge in [-0.15, -0.1) is 0 Å². The third-order valence-electron chi connectivity index (χ3n) is 8.16. The molecule has 10 nitrogen and oxygen atoms in total. The number of amides is 4. The van der Waals surface area contributed by atoms with Crippen molar-refractivity contribution in [1.29, 1.82) is 0 Å². The van der Waals surface area contributed by atoms with Gasteiger partial charge >= 0.3 is 12.2 Å². The topological polar surface area (TPSA) is 117 Å². The van der Waals surface area contributed by atoms with E-state index in [4.69, 9.17) is 9.47 Å². The monoisotopic (exact) mass is 626 g/mol. The van der Waals surface area contributed by atoms with E-state index in [1.54, 1.807) is 21.9 Å². The molecule has 4 amide bonds. The van der Waals surface area contributed by atoms with Crippen molar-refractivity contribution in [3.05, 3.63) is 90.0 Å². The Hall–Kier alpha value is -4.86. The Balaban J connectivity index is 1.07. The van der Waals surface area contributed by atoms with Crippen LogP contribution in [0, 0.1) is 5.92 Å². The van der Waals surface area contributed by atoms with Gasteiger partial charge < -0.3 is 29.9 Å². The van der Waals surface area contributed by atoms with Crippen molar-refractivity contribution >= 4 is 29.7 Å². The van der Waals surface area contributed by atoms with Crippen LogP contribution in [-0.2, 0) is 20.9 Å². The highest BCUT2D eigenvalue weighted by Crippen LogP contribution is 2.25. The molecular formula is C36H42N4O6. The van der Waals surface area contributed by atoms with Crippen LogP contribution >= 0.6 is 0 Å². The number of ether oxygens (including phenoxy) is 2. The minimum Gasteiger partial charge on any atom is -0.445 e. The van der Waals surface area contributed by atoms with Crippen LogP contribution in [0.2, 0.25) is 0 Å². The van der Waals surface area contributed by atoms with Gasteiger partial charge in [0.25, 0.3) is 5.91 Å².